The van der Waals surface area contributed by atoms with Gasteiger partial charge in [-0.1, -0.05) is 6.58 Å². The van der Waals surface area contributed by atoms with Crippen molar-refractivity contribution >= 4 is 6.29 Å². The van der Waals surface area contributed by atoms with Crippen molar-refractivity contribution in [3.05, 3.63) is 12.2 Å². The molecule has 0 amide bonds. The molecule has 0 bridgehead atoms. The SMILES string of the molecule is C=C(C=O)CN1CCCC1.CN. The van der Waals surface area contributed by atoms with E-state index in [2.05, 4.69) is 17.2 Å². The highest BCUT2D eigenvalue weighted by molar-refractivity contribution is 5.72. The predicted octanol–water partition coefficient (Wildman–Crippen LogP) is 0.412. The van der Waals surface area contributed by atoms with Crippen molar-refractivity contribution < 1.29 is 4.79 Å². The fraction of sp³-hybridized carbons (Fsp3) is 0.667. The third-order valence-electron chi connectivity index (χ3n) is 1.79. The molecule has 0 unspecified atom stereocenters. The number of rotatable bonds is 3. The Balaban J connectivity index is 0.000000561. The van der Waals surface area contributed by atoms with E-state index in [1.165, 1.54) is 19.9 Å². The first-order chi connectivity index (χ1) is 5.83. The topological polar surface area (TPSA) is 46.3 Å². The van der Waals surface area contributed by atoms with Crippen LogP contribution in [0.15, 0.2) is 12.2 Å². The van der Waals surface area contributed by atoms with Crippen molar-refractivity contribution in [3.63, 3.8) is 0 Å². The predicted molar refractivity (Wildman–Crippen MR) is 51.0 cm³/mol. The lowest BCUT2D eigenvalue weighted by Gasteiger charge is -2.12. The van der Waals surface area contributed by atoms with Crippen LogP contribution in [-0.2, 0) is 4.79 Å². The zero-order chi connectivity index (χ0) is 9.40. The van der Waals surface area contributed by atoms with E-state index in [0.29, 0.717) is 5.57 Å². The molecule has 3 nitrogen and oxygen atoms in total. The summed E-state index contributed by atoms with van der Waals surface area (Å²) in [6, 6.07) is 0. The van der Waals surface area contributed by atoms with Crippen LogP contribution in [0.3, 0.4) is 0 Å². The van der Waals surface area contributed by atoms with E-state index in [0.717, 1.165) is 25.9 Å². The summed E-state index contributed by atoms with van der Waals surface area (Å²) in [4.78, 5) is 12.4. The highest BCUT2D eigenvalue weighted by Gasteiger charge is 2.11. The molecule has 0 aromatic heterocycles. The largest absolute Gasteiger partial charge is 0.333 e. The first kappa shape index (κ1) is 11.3. The molecule has 3 heteroatoms. The molecule has 0 saturated carbocycles. The van der Waals surface area contributed by atoms with Crippen LogP contribution in [0.4, 0.5) is 0 Å². The van der Waals surface area contributed by atoms with Crippen molar-refractivity contribution in [2.45, 2.75) is 12.8 Å². The summed E-state index contributed by atoms with van der Waals surface area (Å²) in [5, 5.41) is 0. The van der Waals surface area contributed by atoms with E-state index in [9.17, 15) is 4.79 Å². The smallest absolute Gasteiger partial charge is 0.146 e. The maximum absolute atomic E-state index is 10.2. The number of nitrogens with zero attached hydrogens (tertiary/aromatic N) is 1. The van der Waals surface area contributed by atoms with Gasteiger partial charge in [-0.25, -0.2) is 0 Å². The lowest BCUT2D eigenvalue weighted by atomic mass is 10.3. The Morgan fingerprint density at radius 3 is 2.42 bits per heavy atom. The molecule has 0 atom stereocenters. The number of carbonyl (C=O) groups is 1. The minimum absolute atomic E-state index is 0.696. The van der Waals surface area contributed by atoms with Gasteiger partial charge in [0.25, 0.3) is 0 Å². The maximum atomic E-state index is 10.2. The average molecular weight is 170 g/mol. The van der Waals surface area contributed by atoms with Crippen LogP contribution >= 0.6 is 0 Å². The van der Waals surface area contributed by atoms with Crippen molar-refractivity contribution in [1.82, 2.24) is 4.90 Å². The molecular weight excluding hydrogens is 152 g/mol. The number of nitrogens with two attached hydrogens (primary N) is 1. The van der Waals surface area contributed by atoms with Gasteiger partial charge in [-0.2, -0.15) is 0 Å². The molecule has 1 saturated heterocycles. The van der Waals surface area contributed by atoms with Gasteiger partial charge in [0.1, 0.15) is 6.29 Å². The van der Waals surface area contributed by atoms with E-state index in [1.54, 1.807) is 0 Å². The van der Waals surface area contributed by atoms with Crippen LogP contribution in [0.5, 0.6) is 0 Å². The average Bonchev–Trinajstić information content (AvgIpc) is 2.60. The minimum atomic E-state index is 0.696. The number of hydrogen-bond acceptors (Lipinski definition) is 3. The highest BCUT2D eigenvalue weighted by atomic mass is 16.1. The molecule has 1 aliphatic heterocycles. The monoisotopic (exact) mass is 170 g/mol. The molecule has 1 heterocycles. The second kappa shape index (κ2) is 7.00. The Morgan fingerprint density at radius 2 is 2.00 bits per heavy atom. The van der Waals surface area contributed by atoms with E-state index in [-0.39, 0.29) is 0 Å². The lowest BCUT2D eigenvalue weighted by Crippen LogP contribution is -2.21. The van der Waals surface area contributed by atoms with Crippen LogP contribution in [-0.4, -0.2) is 37.9 Å². The molecule has 12 heavy (non-hydrogen) atoms. The molecule has 2 N–H and O–H groups in total. The summed E-state index contributed by atoms with van der Waals surface area (Å²) in [5.41, 5.74) is 5.20. The fourth-order valence-electron chi connectivity index (χ4n) is 1.27. The van der Waals surface area contributed by atoms with Gasteiger partial charge in [0.2, 0.25) is 0 Å². The van der Waals surface area contributed by atoms with Crippen molar-refractivity contribution in [2.24, 2.45) is 5.73 Å². The van der Waals surface area contributed by atoms with Crippen LogP contribution in [0, 0.1) is 0 Å². The molecule has 1 rings (SSSR count). The van der Waals surface area contributed by atoms with Crippen molar-refractivity contribution in [2.75, 3.05) is 26.7 Å². The summed E-state index contributed by atoms with van der Waals surface area (Å²) >= 11 is 0. The van der Waals surface area contributed by atoms with Crippen LogP contribution < -0.4 is 5.73 Å². The summed E-state index contributed by atoms with van der Waals surface area (Å²) in [5.74, 6) is 0. The number of likely N-dealkylation sites (tertiary alicyclic amines) is 1. The first-order valence-electron chi connectivity index (χ1n) is 4.26. The third-order valence-corrected chi connectivity index (χ3v) is 1.79. The zero-order valence-corrected chi connectivity index (χ0v) is 7.75. The normalized spacial score (nSPS) is 16.5. The van der Waals surface area contributed by atoms with Crippen molar-refractivity contribution in [1.29, 1.82) is 0 Å². The van der Waals surface area contributed by atoms with Gasteiger partial charge in [-0.3, -0.25) is 9.69 Å². The molecule has 0 radical (unpaired) electrons. The van der Waals surface area contributed by atoms with Gasteiger partial charge < -0.3 is 5.73 Å². The van der Waals surface area contributed by atoms with Crippen molar-refractivity contribution in [3.8, 4) is 0 Å². The summed E-state index contributed by atoms with van der Waals surface area (Å²) in [6.45, 7) is 6.66. The van der Waals surface area contributed by atoms with E-state index >= 15 is 0 Å². The van der Waals surface area contributed by atoms with E-state index in [4.69, 9.17) is 0 Å². The Kier molecular flexibility index (Phi) is 6.61. The number of carbonyl (C=O) groups excluding carboxylic acids is 1. The Labute approximate surface area is 74.2 Å². The van der Waals surface area contributed by atoms with Gasteiger partial charge in [0, 0.05) is 6.54 Å². The van der Waals surface area contributed by atoms with Gasteiger partial charge >= 0.3 is 0 Å². The molecule has 0 aromatic carbocycles. The minimum Gasteiger partial charge on any atom is -0.333 e. The van der Waals surface area contributed by atoms with Gasteiger partial charge in [-0.15, -0.1) is 0 Å². The van der Waals surface area contributed by atoms with Crippen LogP contribution in [0.25, 0.3) is 0 Å². The molecule has 0 spiro atoms. The Hall–Kier alpha value is -0.670. The highest BCUT2D eigenvalue weighted by Crippen LogP contribution is 2.07. The zero-order valence-electron chi connectivity index (χ0n) is 7.75. The Morgan fingerprint density at radius 1 is 1.50 bits per heavy atom. The lowest BCUT2D eigenvalue weighted by molar-refractivity contribution is -0.105. The molecular formula is C9H18N2O. The van der Waals surface area contributed by atoms with Gasteiger partial charge in [0.15, 0.2) is 0 Å². The second-order valence-electron chi connectivity index (χ2n) is 2.76. The van der Waals surface area contributed by atoms with Gasteiger partial charge in [-0.05, 0) is 38.6 Å². The third kappa shape index (κ3) is 4.26. The molecule has 0 aliphatic carbocycles. The summed E-state index contributed by atoms with van der Waals surface area (Å²) in [7, 11) is 1.50. The molecule has 0 aromatic rings. The van der Waals surface area contributed by atoms with E-state index in [1.807, 2.05) is 0 Å². The molecule has 1 fully saturated rings. The standard InChI is InChI=1S/C8H13NO.CH5N/c1-8(7-10)6-9-4-2-3-5-9;1-2/h7H,1-6H2;2H2,1H3. The maximum Gasteiger partial charge on any atom is 0.146 e. The first-order valence-corrected chi connectivity index (χ1v) is 4.26. The number of hydrogen-bond donors (Lipinski definition) is 1. The molecule has 70 valence electrons. The Bertz CT molecular complexity index is 139. The van der Waals surface area contributed by atoms with Crippen LogP contribution in [0.2, 0.25) is 0 Å². The van der Waals surface area contributed by atoms with Crippen LogP contribution in [0.1, 0.15) is 12.8 Å². The van der Waals surface area contributed by atoms with Gasteiger partial charge in [0.05, 0.1) is 0 Å². The summed E-state index contributed by atoms with van der Waals surface area (Å²) < 4.78 is 0. The quantitative estimate of drug-likeness (QED) is 0.493. The molecule has 1 aliphatic rings. The fourth-order valence-corrected chi connectivity index (χ4v) is 1.27. The summed E-state index contributed by atoms with van der Waals surface area (Å²) in [6.07, 6.45) is 3.39. The second-order valence-corrected chi connectivity index (χ2v) is 2.76. The van der Waals surface area contributed by atoms with E-state index < -0.39 is 0 Å². The number of aldehydes is 1.